The number of carbonyl (C=O) groups excluding carboxylic acids is 1. The summed E-state index contributed by atoms with van der Waals surface area (Å²) in [5.41, 5.74) is 0.0471. The maximum Gasteiger partial charge on any atom is 0.416 e. The minimum atomic E-state index is -4.32. The van der Waals surface area contributed by atoms with Crippen LogP contribution in [0.3, 0.4) is 0 Å². The van der Waals surface area contributed by atoms with Crippen molar-refractivity contribution in [1.29, 1.82) is 0 Å². The van der Waals surface area contributed by atoms with Gasteiger partial charge in [-0.3, -0.25) is 9.69 Å². The number of rotatable bonds is 5. The van der Waals surface area contributed by atoms with Crippen LogP contribution in [-0.4, -0.2) is 36.6 Å². The van der Waals surface area contributed by atoms with E-state index in [1.54, 1.807) is 13.0 Å². The second-order valence-corrected chi connectivity index (χ2v) is 6.34. The van der Waals surface area contributed by atoms with Crippen LogP contribution in [0.2, 0.25) is 0 Å². The third kappa shape index (κ3) is 4.97. The van der Waals surface area contributed by atoms with Crippen LogP contribution in [0.5, 0.6) is 0 Å². The third-order valence-corrected chi connectivity index (χ3v) is 4.48. The molecule has 134 valence electrons. The zero-order valence-electron chi connectivity index (χ0n) is 14.1. The zero-order chi connectivity index (χ0) is 17.7. The molecule has 1 aromatic rings. The van der Waals surface area contributed by atoms with Crippen molar-refractivity contribution in [3.8, 4) is 0 Å². The molecule has 6 heteroatoms. The fraction of sp³-hybridized carbons (Fsp3) is 0.611. The highest BCUT2D eigenvalue weighted by molar-refractivity contribution is 5.72. The van der Waals surface area contributed by atoms with Gasteiger partial charge in [-0.15, -0.1) is 0 Å². The Labute approximate surface area is 140 Å². The summed E-state index contributed by atoms with van der Waals surface area (Å²) >= 11 is 0. The summed E-state index contributed by atoms with van der Waals surface area (Å²) in [4.78, 5) is 14.1. The lowest BCUT2D eigenvalue weighted by Crippen LogP contribution is -2.44. The van der Waals surface area contributed by atoms with E-state index >= 15 is 0 Å². The Morgan fingerprint density at radius 2 is 2.17 bits per heavy atom. The largest absolute Gasteiger partial charge is 0.466 e. The number of ether oxygens (including phenoxy) is 1. The summed E-state index contributed by atoms with van der Waals surface area (Å²) in [6, 6.07) is 5.54. The number of nitrogens with zero attached hydrogens (tertiary/aromatic N) is 1. The van der Waals surface area contributed by atoms with Gasteiger partial charge >= 0.3 is 12.1 Å². The van der Waals surface area contributed by atoms with E-state index in [1.165, 1.54) is 12.1 Å². The molecule has 0 bridgehead atoms. The Bertz CT molecular complexity index is 559. The van der Waals surface area contributed by atoms with E-state index in [0.717, 1.165) is 25.5 Å². The van der Waals surface area contributed by atoms with Crippen molar-refractivity contribution < 1.29 is 22.7 Å². The van der Waals surface area contributed by atoms with Gasteiger partial charge in [-0.05, 0) is 51.3 Å². The predicted molar refractivity (Wildman–Crippen MR) is 85.5 cm³/mol. The quantitative estimate of drug-likeness (QED) is 0.759. The summed E-state index contributed by atoms with van der Waals surface area (Å²) < 4.78 is 43.5. The molecule has 0 N–H and O–H groups in total. The predicted octanol–water partition coefficient (Wildman–Crippen LogP) is 3.91. The van der Waals surface area contributed by atoms with Crippen LogP contribution in [-0.2, 0) is 22.1 Å². The lowest BCUT2D eigenvalue weighted by Gasteiger charge is -2.36. The number of benzene rings is 1. The van der Waals surface area contributed by atoms with Crippen LogP contribution >= 0.6 is 0 Å². The fourth-order valence-corrected chi connectivity index (χ4v) is 3.20. The summed E-state index contributed by atoms with van der Waals surface area (Å²) in [7, 11) is 0. The van der Waals surface area contributed by atoms with Gasteiger partial charge in [0.05, 0.1) is 18.1 Å². The maximum atomic E-state index is 12.8. The van der Waals surface area contributed by atoms with E-state index < -0.39 is 11.7 Å². The summed E-state index contributed by atoms with van der Waals surface area (Å²) in [6.45, 7) is 5.62. The first-order chi connectivity index (χ1) is 11.3. The van der Waals surface area contributed by atoms with Crippen molar-refractivity contribution in [3.05, 3.63) is 35.4 Å². The summed E-state index contributed by atoms with van der Waals surface area (Å²) in [5.74, 6) is -0.309. The molecule has 2 atom stereocenters. The van der Waals surface area contributed by atoms with Crippen LogP contribution in [0, 0.1) is 5.92 Å². The molecule has 3 nitrogen and oxygen atoms in total. The molecule has 0 aromatic heterocycles. The first kappa shape index (κ1) is 18.8. The smallest absolute Gasteiger partial charge is 0.416 e. The molecule has 1 aliphatic heterocycles. The number of piperidine rings is 1. The van der Waals surface area contributed by atoms with Gasteiger partial charge in [-0.25, -0.2) is 0 Å². The Morgan fingerprint density at radius 1 is 1.42 bits per heavy atom. The molecule has 1 aromatic carbocycles. The minimum absolute atomic E-state index is 0.0747. The molecule has 0 aliphatic carbocycles. The standard InChI is InChI=1S/C18H24F3NO2/c1-3-24-17(23)15-7-5-9-22(12-15)13(2)10-14-6-4-8-16(11-14)18(19,20)21/h4,6,8,11,13,15H,3,5,7,9-10,12H2,1-2H3/t13-,15+/m0/s1. The van der Waals surface area contributed by atoms with Crippen LogP contribution in [0.15, 0.2) is 24.3 Å². The summed E-state index contributed by atoms with van der Waals surface area (Å²) in [6.07, 6.45) is -2.08. The third-order valence-electron chi connectivity index (χ3n) is 4.48. The number of hydrogen-bond donors (Lipinski definition) is 0. The van der Waals surface area contributed by atoms with Crippen LogP contribution in [0.25, 0.3) is 0 Å². The van der Waals surface area contributed by atoms with Crippen molar-refractivity contribution >= 4 is 5.97 Å². The maximum absolute atomic E-state index is 12.8. The van der Waals surface area contributed by atoms with Crippen molar-refractivity contribution in [2.45, 2.75) is 45.3 Å². The number of halogens is 3. The highest BCUT2D eigenvalue weighted by Crippen LogP contribution is 2.30. The Balaban J connectivity index is 1.99. The number of esters is 1. The van der Waals surface area contributed by atoms with E-state index in [0.29, 0.717) is 25.1 Å². The van der Waals surface area contributed by atoms with Crippen molar-refractivity contribution in [2.75, 3.05) is 19.7 Å². The molecule has 1 fully saturated rings. The molecule has 1 heterocycles. The Hall–Kier alpha value is -1.56. The van der Waals surface area contributed by atoms with Crippen molar-refractivity contribution in [1.82, 2.24) is 4.90 Å². The molecule has 0 saturated carbocycles. The molecule has 0 radical (unpaired) electrons. The SMILES string of the molecule is CCOC(=O)[C@@H]1CCCN([C@@H](C)Cc2cccc(C(F)(F)F)c2)C1. The van der Waals surface area contributed by atoms with E-state index in [1.807, 2.05) is 6.92 Å². The second kappa shape index (κ2) is 8.01. The van der Waals surface area contributed by atoms with Gasteiger partial charge in [0.1, 0.15) is 0 Å². The molecule has 1 saturated heterocycles. The monoisotopic (exact) mass is 343 g/mol. The molecule has 0 spiro atoms. The number of carbonyl (C=O) groups is 1. The average molecular weight is 343 g/mol. The summed E-state index contributed by atoms with van der Waals surface area (Å²) in [5, 5.41) is 0. The van der Waals surface area contributed by atoms with E-state index in [9.17, 15) is 18.0 Å². The fourth-order valence-electron chi connectivity index (χ4n) is 3.20. The van der Waals surface area contributed by atoms with Gasteiger partial charge in [0.25, 0.3) is 0 Å². The van der Waals surface area contributed by atoms with E-state index in [2.05, 4.69) is 4.90 Å². The van der Waals surface area contributed by atoms with Gasteiger partial charge in [-0.2, -0.15) is 13.2 Å². The van der Waals surface area contributed by atoms with Gasteiger partial charge in [0.15, 0.2) is 0 Å². The molecule has 0 amide bonds. The van der Waals surface area contributed by atoms with E-state index in [4.69, 9.17) is 4.74 Å². The molecule has 1 aliphatic rings. The van der Waals surface area contributed by atoms with Crippen molar-refractivity contribution in [2.24, 2.45) is 5.92 Å². The lowest BCUT2D eigenvalue weighted by molar-refractivity contribution is -0.150. The average Bonchev–Trinajstić information content (AvgIpc) is 2.54. The molecular weight excluding hydrogens is 319 g/mol. The Kier molecular flexibility index (Phi) is 6.27. The number of likely N-dealkylation sites (tertiary alicyclic amines) is 1. The lowest BCUT2D eigenvalue weighted by atomic mass is 9.95. The normalized spacial score (nSPS) is 20.6. The van der Waals surface area contributed by atoms with Crippen molar-refractivity contribution in [3.63, 3.8) is 0 Å². The molecule has 0 unspecified atom stereocenters. The minimum Gasteiger partial charge on any atom is -0.466 e. The molecule has 2 rings (SSSR count). The van der Waals surface area contributed by atoms with Crippen LogP contribution in [0.1, 0.15) is 37.8 Å². The Morgan fingerprint density at radius 3 is 2.83 bits per heavy atom. The van der Waals surface area contributed by atoms with Gasteiger partial charge in [-0.1, -0.05) is 18.2 Å². The van der Waals surface area contributed by atoms with Gasteiger partial charge in [0, 0.05) is 12.6 Å². The first-order valence-electron chi connectivity index (χ1n) is 8.38. The molecule has 24 heavy (non-hydrogen) atoms. The van der Waals surface area contributed by atoms with Gasteiger partial charge in [0.2, 0.25) is 0 Å². The van der Waals surface area contributed by atoms with Crippen LogP contribution < -0.4 is 0 Å². The highest BCUT2D eigenvalue weighted by atomic mass is 19.4. The topological polar surface area (TPSA) is 29.5 Å². The van der Waals surface area contributed by atoms with Gasteiger partial charge < -0.3 is 4.74 Å². The van der Waals surface area contributed by atoms with Crippen LogP contribution in [0.4, 0.5) is 13.2 Å². The first-order valence-corrected chi connectivity index (χ1v) is 8.38. The molecular formula is C18H24F3NO2. The zero-order valence-corrected chi connectivity index (χ0v) is 14.1. The highest BCUT2D eigenvalue weighted by Gasteiger charge is 2.31. The second-order valence-electron chi connectivity index (χ2n) is 6.34. The number of alkyl halides is 3. The van der Waals surface area contributed by atoms with E-state index in [-0.39, 0.29) is 17.9 Å². The number of hydrogen-bond acceptors (Lipinski definition) is 3.